The zero-order chi connectivity index (χ0) is 22.6. The minimum Gasteiger partial charge on any atom is -0.392 e. The zero-order valence-electron chi connectivity index (χ0n) is 18.2. The standard InChI is InChI=1S/C25H27N3O4/c1-3-16-10-7-11-17-21(16)26-24(32)25(17)19-18(20(27-25)14(2)29)22(30)28(23(19)31)13-12-15-8-5-4-6-9-15/h4-11,14,18-20,27,29H,3,12-13H2,1-2H3,(H,26,32). The number of hydrogen-bond acceptors (Lipinski definition) is 5. The number of aliphatic hydroxyl groups excluding tert-OH is 1. The average molecular weight is 434 g/mol. The quantitative estimate of drug-likeness (QED) is 0.622. The number of aliphatic hydroxyl groups is 1. The van der Waals surface area contributed by atoms with Crippen molar-refractivity contribution in [3.05, 3.63) is 65.2 Å². The van der Waals surface area contributed by atoms with Crippen molar-refractivity contribution in [1.82, 2.24) is 10.2 Å². The second kappa shape index (κ2) is 7.53. The molecule has 2 fully saturated rings. The van der Waals surface area contributed by atoms with Crippen molar-refractivity contribution in [1.29, 1.82) is 0 Å². The van der Waals surface area contributed by atoms with Gasteiger partial charge in [-0.3, -0.25) is 24.6 Å². The lowest BCUT2D eigenvalue weighted by molar-refractivity contribution is -0.143. The molecule has 5 atom stereocenters. The Morgan fingerprint density at radius 2 is 1.81 bits per heavy atom. The average Bonchev–Trinajstić information content (AvgIpc) is 3.38. The van der Waals surface area contributed by atoms with Crippen LogP contribution in [0.2, 0.25) is 0 Å². The van der Waals surface area contributed by atoms with Crippen molar-refractivity contribution in [2.24, 2.45) is 11.8 Å². The molecule has 2 aromatic rings. The minimum absolute atomic E-state index is 0.251. The fraction of sp³-hybridized carbons (Fsp3) is 0.400. The second-order valence-electron chi connectivity index (χ2n) is 8.93. The summed E-state index contributed by atoms with van der Waals surface area (Å²) in [4.78, 5) is 41.8. The van der Waals surface area contributed by atoms with Crippen LogP contribution in [0.1, 0.15) is 30.5 Å². The smallest absolute Gasteiger partial charge is 0.250 e. The summed E-state index contributed by atoms with van der Waals surface area (Å²) in [6.45, 7) is 3.85. The third kappa shape index (κ3) is 2.77. The van der Waals surface area contributed by atoms with E-state index in [0.29, 0.717) is 17.7 Å². The van der Waals surface area contributed by atoms with Crippen molar-refractivity contribution in [3.63, 3.8) is 0 Å². The number of carbonyl (C=O) groups excluding carboxylic acids is 3. The van der Waals surface area contributed by atoms with Crippen LogP contribution in [0.25, 0.3) is 0 Å². The molecule has 3 aliphatic heterocycles. The van der Waals surface area contributed by atoms with Crippen molar-refractivity contribution in [3.8, 4) is 0 Å². The van der Waals surface area contributed by atoms with E-state index in [1.807, 2.05) is 55.5 Å². The van der Waals surface area contributed by atoms with E-state index in [1.54, 1.807) is 6.92 Å². The van der Waals surface area contributed by atoms with Gasteiger partial charge in [-0.1, -0.05) is 55.5 Å². The molecule has 2 saturated heterocycles. The topological polar surface area (TPSA) is 98.7 Å². The summed E-state index contributed by atoms with van der Waals surface area (Å²) in [5, 5.41) is 16.7. The van der Waals surface area contributed by atoms with Crippen molar-refractivity contribution in [2.75, 3.05) is 11.9 Å². The number of aryl methyl sites for hydroxylation is 1. The minimum atomic E-state index is -1.36. The van der Waals surface area contributed by atoms with Gasteiger partial charge in [0.15, 0.2) is 0 Å². The Labute approximate surface area is 186 Å². The normalized spacial score (nSPS) is 29.4. The van der Waals surface area contributed by atoms with E-state index in [1.165, 1.54) is 4.90 Å². The maximum absolute atomic E-state index is 13.7. The van der Waals surface area contributed by atoms with E-state index in [2.05, 4.69) is 10.6 Å². The molecule has 5 rings (SSSR count). The summed E-state index contributed by atoms with van der Waals surface area (Å²) in [5.74, 6) is -2.69. The van der Waals surface area contributed by atoms with Crippen LogP contribution in [0, 0.1) is 11.8 Å². The molecule has 166 valence electrons. The van der Waals surface area contributed by atoms with Gasteiger partial charge in [0.05, 0.1) is 17.9 Å². The zero-order valence-corrected chi connectivity index (χ0v) is 18.2. The van der Waals surface area contributed by atoms with E-state index in [4.69, 9.17) is 0 Å². The van der Waals surface area contributed by atoms with Crippen molar-refractivity contribution in [2.45, 2.75) is 44.4 Å². The molecule has 2 aromatic carbocycles. The third-order valence-corrected chi connectivity index (χ3v) is 7.23. The molecule has 0 bridgehead atoms. The summed E-state index contributed by atoms with van der Waals surface area (Å²) >= 11 is 0. The molecular formula is C25H27N3O4. The first kappa shape index (κ1) is 20.8. The van der Waals surface area contributed by atoms with Crippen molar-refractivity contribution >= 4 is 23.4 Å². The molecule has 3 heterocycles. The number of anilines is 1. The van der Waals surface area contributed by atoms with Crippen LogP contribution in [0.3, 0.4) is 0 Å². The molecule has 0 saturated carbocycles. The van der Waals surface area contributed by atoms with Gasteiger partial charge in [-0.25, -0.2) is 0 Å². The predicted octanol–water partition coefficient (Wildman–Crippen LogP) is 1.59. The van der Waals surface area contributed by atoms with Crippen LogP contribution >= 0.6 is 0 Å². The number of nitrogens with one attached hydrogen (secondary N) is 2. The molecule has 0 aromatic heterocycles. The summed E-state index contributed by atoms with van der Waals surface area (Å²) < 4.78 is 0. The molecule has 7 heteroatoms. The Kier molecular flexibility index (Phi) is 4.91. The van der Waals surface area contributed by atoms with Gasteiger partial charge in [-0.05, 0) is 30.9 Å². The highest BCUT2D eigenvalue weighted by Gasteiger charge is 2.71. The number of carbonyl (C=O) groups is 3. The van der Waals surface area contributed by atoms with Crippen LogP contribution in [-0.2, 0) is 32.8 Å². The van der Waals surface area contributed by atoms with E-state index >= 15 is 0 Å². The van der Waals surface area contributed by atoms with Crippen LogP contribution in [0.4, 0.5) is 5.69 Å². The molecule has 3 amide bonds. The number of amides is 3. The molecule has 3 N–H and O–H groups in total. The summed E-state index contributed by atoms with van der Waals surface area (Å²) in [5.41, 5.74) is 2.04. The number of imide groups is 1. The second-order valence-corrected chi connectivity index (χ2v) is 8.93. The number of para-hydroxylation sites is 1. The Balaban J connectivity index is 1.56. The number of nitrogens with zero attached hydrogens (tertiary/aromatic N) is 1. The lowest BCUT2D eigenvalue weighted by Crippen LogP contribution is -2.54. The van der Waals surface area contributed by atoms with Gasteiger partial charge < -0.3 is 10.4 Å². The largest absolute Gasteiger partial charge is 0.392 e. The molecule has 0 radical (unpaired) electrons. The van der Waals surface area contributed by atoms with Gasteiger partial charge in [0, 0.05) is 23.8 Å². The molecule has 1 spiro atoms. The van der Waals surface area contributed by atoms with Crippen LogP contribution in [-0.4, -0.2) is 46.4 Å². The van der Waals surface area contributed by atoms with E-state index < -0.39 is 29.5 Å². The van der Waals surface area contributed by atoms with Crippen molar-refractivity contribution < 1.29 is 19.5 Å². The highest BCUT2D eigenvalue weighted by atomic mass is 16.3. The van der Waals surface area contributed by atoms with Crippen LogP contribution in [0.15, 0.2) is 48.5 Å². The molecular weight excluding hydrogens is 406 g/mol. The number of hydrogen-bond donors (Lipinski definition) is 3. The molecule has 3 aliphatic rings. The number of benzene rings is 2. The molecule has 0 aliphatic carbocycles. The number of fused-ring (bicyclic) bond motifs is 4. The van der Waals surface area contributed by atoms with Crippen LogP contribution < -0.4 is 10.6 Å². The van der Waals surface area contributed by atoms with Gasteiger partial charge in [-0.15, -0.1) is 0 Å². The first-order chi connectivity index (χ1) is 15.4. The van der Waals surface area contributed by atoms with E-state index in [0.717, 1.165) is 17.5 Å². The SMILES string of the molecule is CCc1cccc2c1NC(=O)C21NC(C(C)O)C2C(=O)N(CCc3ccccc3)C(=O)C21. The highest BCUT2D eigenvalue weighted by molar-refractivity contribution is 6.15. The van der Waals surface area contributed by atoms with Gasteiger partial charge in [0.1, 0.15) is 5.54 Å². The Morgan fingerprint density at radius 3 is 2.50 bits per heavy atom. The lowest BCUT2D eigenvalue weighted by Gasteiger charge is -2.30. The Morgan fingerprint density at radius 1 is 1.06 bits per heavy atom. The third-order valence-electron chi connectivity index (χ3n) is 7.23. The Bertz CT molecular complexity index is 1100. The highest BCUT2D eigenvalue weighted by Crippen LogP contribution is 2.53. The lowest BCUT2D eigenvalue weighted by atomic mass is 9.76. The van der Waals surface area contributed by atoms with E-state index in [9.17, 15) is 19.5 Å². The van der Waals surface area contributed by atoms with Gasteiger partial charge >= 0.3 is 0 Å². The van der Waals surface area contributed by atoms with Gasteiger partial charge in [-0.2, -0.15) is 0 Å². The first-order valence-corrected chi connectivity index (χ1v) is 11.2. The first-order valence-electron chi connectivity index (χ1n) is 11.2. The molecule has 5 unspecified atom stereocenters. The maximum Gasteiger partial charge on any atom is 0.250 e. The van der Waals surface area contributed by atoms with Gasteiger partial charge in [0.2, 0.25) is 17.7 Å². The summed E-state index contributed by atoms with van der Waals surface area (Å²) in [7, 11) is 0. The monoisotopic (exact) mass is 433 g/mol. The maximum atomic E-state index is 13.7. The molecule has 7 nitrogen and oxygen atoms in total. The fourth-order valence-electron chi connectivity index (χ4n) is 5.69. The van der Waals surface area contributed by atoms with Gasteiger partial charge in [0.25, 0.3) is 0 Å². The number of likely N-dealkylation sites (tertiary alicyclic amines) is 1. The molecule has 32 heavy (non-hydrogen) atoms. The summed E-state index contributed by atoms with van der Waals surface area (Å²) in [6, 6.07) is 14.6. The van der Waals surface area contributed by atoms with E-state index in [-0.39, 0.29) is 24.3 Å². The Hall–Kier alpha value is -3.03. The van der Waals surface area contributed by atoms with Crippen LogP contribution in [0.5, 0.6) is 0 Å². The fourth-order valence-corrected chi connectivity index (χ4v) is 5.69. The predicted molar refractivity (Wildman–Crippen MR) is 119 cm³/mol. The number of rotatable bonds is 5. The summed E-state index contributed by atoms with van der Waals surface area (Å²) in [6.07, 6.45) is 0.364.